The molecule has 0 amide bonds. The van der Waals surface area contributed by atoms with E-state index in [2.05, 4.69) is 21.7 Å². The Morgan fingerprint density at radius 2 is 2.10 bits per heavy atom. The minimum absolute atomic E-state index is 0.674. The third kappa shape index (κ3) is 1.03. The lowest BCUT2D eigenvalue weighted by Crippen LogP contribution is -1.88. The summed E-state index contributed by atoms with van der Waals surface area (Å²) in [6.07, 6.45) is 1.49. The van der Waals surface area contributed by atoms with Gasteiger partial charge in [0.15, 0.2) is 5.82 Å². The summed E-state index contributed by atoms with van der Waals surface area (Å²) in [5, 5.41) is 0. The average molecular weight is 135 g/mol. The van der Waals surface area contributed by atoms with Gasteiger partial charge in [-0.25, -0.2) is 15.0 Å². The predicted molar refractivity (Wildman–Crippen MR) is 40.7 cm³/mol. The number of aromatic nitrogens is 2. The highest BCUT2D eigenvalue weighted by Crippen LogP contribution is 2.14. The van der Waals surface area contributed by atoms with E-state index < -0.39 is 0 Å². The van der Waals surface area contributed by atoms with Gasteiger partial charge in [-0.15, -0.1) is 0 Å². The summed E-state index contributed by atoms with van der Waals surface area (Å²) in [7, 11) is 0. The van der Waals surface area contributed by atoms with Crippen LogP contribution in [0.25, 0.3) is 0 Å². The molecule has 0 fully saturated rings. The first-order chi connectivity index (χ1) is 4.75. The second-order valence-electron chi connectivity index (χ2n) is 2.07. The molecule has 0 aromatic carbocycles. The van der Waals surface area contributed by atoms with Crippen molar-refractivity contribution in [2.24, 2.45) is 4.99 Å². The molecule has 52 valence electrons. The number of hydrogen-bond donors (Lipinski definition) is 0. The van der Waals surface area contributed by atoms with E-state index in [4.69, 9.17) is 0 Å². The zero-order chi connectivity index (χ0) is 7.56. The molecular formula is C7H9N3. The maximum Gasteiger partial charge on any atom is 0.157 e. The first-order valence-electron chi connectivity index (χ1n) is 3.00. The molecule has 0 N–H and O–H groups in total. The summed E-state index contributed by atoms with van der Waals surface area (Å²) in [5.41, 5.74) is 1.95. The topological polar surface area (TPSA) is 38.1 Å². The largest absolute Gasteiger partial charge is 0.245 e. The zero-order valence-electron chi connectivity index (χ0n) is 6.13. The second kappa shape index (κ2) is 2.56. The van der Waals surface area contributed by atoms with Crippen molar-refractivity contribution in [1.82, 2.24) is 9.97 Å². The molecule has 0 bridgehead atoms. The van der Waals surface area contributed by atoms with Crippen LogP contribution in [0.1, 0.15) is 11.3 Å². The van der Waals surface area contributed by atoms with E-state index in [-0.39, 0.29) is 0 Å². The molecule has 0 spiro atoms. The molecular weight excluding hydrogens is 126 g/mol. The Bertz CT molecular complexity index is 255. The van der Waals surface area contributed by atoms with Crippen molar-refractivity contribution in [2.45, 2.75) is 13.8 Å². The van der Waals surface area contributed by atoms with Gasteiger partial charge >= 0.3 is 0 Å². The Balaban J connectivity index is 3.27. The van der Waals surface area contributed by atoms with Gasteiger partial charge < -0.3 is 0 Å². The van der Waals surface area contributed by atoms with Gasteiger partial charge in [0.25, 0.3) is 0 Å². The van der Waals surface area contributed by atoms with Crippen LogP contribution in [0.5, 0.6) is 0 Å². The van der Waals surface area contributed by atoms with Crippen molar-refractivity contribution < 1.29 is 0 Å². The molecule has 0 saturated carbocycles. The van der Waals surface area contributed by atoms with Crippen LogP contribution in [-0.2, 0) is 0 Å². The molecule has 1 aromatic rings. The molecule has 0 saturated heterocycles. The number of nitrogens with zero attached hydrogens (tertiary/aromatic N) is 3. The van der Waals surface area contributed by atoms with Gasteiger partial charge in [-0.2, -0.15) is 0 Å². The summed E-state index contributed by atoms with van der Waals surface area (Å²) in [6.45, 7) is 7.24. The monoisotopic (exact) mass is 135 g/mol. The van der Waals surface area contributed by atoms with E-state index in [1.165, 1.54) is 6.33 Å². The summed E-state index contributed by atoms with van der Waals surface area (Å²) in [5.74, 6) is 0.674. The normalized spacial score (nSPS) is 9.40. The van der Waals surface area contributed by atoms with Crippen LogP contribution < -0.4 is 0 Å². The summed E-state index contributed by atoms with van der Waals surface area (Å²) in [4.78, 5) is 11.6. The molecule has 1 heterocycles. The summed E-state index contributed by atoms with van der Waals surface area (Å²) >= 11 is 0. The van der Waals surface area contributed by atoms with E-state index in [0.717, 1.165) is 11.3 Å². The second-order valence-corrected chi connectivity index (χ2v) is 2.07. The highest BCUT2D eigenvalue weighted by atomic mass is 14.9. The van der Waals surface area contributed by atoms with Crippen LogP contribution in [0.4, 0.5) is 5.82 Å². The first kappa shape index (κ1) is 6.86. The number of rotatable bonds is 1. The molecule has 0 unspecified atom stereocenters. The smallest absolute Gasteiger partial charge is 0.157 e. The van der Waals surface area contributed by atoms with Gasteiger partial charge in [0.2, 0.25) is 0 Å². The van der Waals surface area contributed by atoms with Gasteiger partial charge in [0.05, 0.1) is 0 Å². The fourth-order valence-corrected chi connectivity index (χ4v) is 0.685. The Hall–Kier alpha value is -1.25. The maximum absolute atomic E-state index is 3.99. The zero-order valence-corrected chi connectivity index (χ0v) is 6.13. The Kier molecular flexibility index (Phi) is 1.76. The van der Waals surface area contributed by atoms with Crippen molar-refractivity contribution in [3.63, 3.8) is 0 Å². The van der Waals surface area contributed by atoms with Crippen LogP contribution in [0, 0.1) is 13.8 Å². The first-order valence-corrected chi connectivity index (χ1v) is 3.00. The third-order valence-electron chi connectivity index (χ3n) is 1.46. The minimum Gasteiger partial charge on any atom is -0.245 e. The maximum atomic E-state index is 3.99. The molecule has 3 heteroatoms. The highest BCUT2D eigenvalue weighted by Gasteiger charge is 1.98. The van der Waals surface area contributed by atoms with E-state index in [0.29, 0.717) is 5.82 Å². The van der Waals surface area contributed by atoms with Crippen LogP contribution in [0.3, 0.4) is 0 Å². The lowest BCUT2D eigenvalue weighted by atomic mass is 10.2. The average Bonchev–Trinajstić information content (AvgIpc) is 1.95. The quantitative estimate of drug-likeness (QED) is 0.546. The summed E-state index contributed by atoms with van der Waals surface area (Å²) in [6, 6.07) is 0. The molecule has 0 aliphatic carbocycles. The van der Waals surface area contributed by atoms with Gasteiger partial charge in [0.1, 0.15) is 6.33 Å². The molecule has 3 nitrogen and oxygen atoms in total. The lowest BCUT2D eigenvalue weighted by Gasteiger charge is -1.98. The molecule has 0 radical (unpaired) electrons. The van der Waals surface area contributed by atoms with E-state index in [1.54, 1.807) is 0 Å². The molecule has 10 heavy (non-hydrogen) atoms. The van der Waals surface area contributed by atoms with Crippen molar-refractivity contribution in [1.29, 1.82) is 0 Å². The van der Waals surface area contributed by atoms with E-state index in [1.807, 2.05) is 13.8 Å². The van der Waals surface area contributed by atoms with Crippen molar-refractivity contribution >= 4 is 12.5 Å². The fourth-order valence-electron chi connectivity index (χ4n) is 0.685. The molecule has 0 atom stereocenters. The number of aliphatic imine (C=N–C) groups is 1. The molecule has 1 rings (SSSR count). The fraction of sp³-hybridized carbons (Fsp3) is 0.286. The molecule has 1 aromatic heterocycles. The van der Waals surface area contributed by atoms with Crippen LogP contribution in [0.15, 0.2) is 11.3 Å². The Labute approximate surface area is 59.9 Å². The standard InChI is InChI=1S/C7H9N3/c1-5-6(2)9-4-10-7(5)8-3/h4H,3H2,1-2H3. The van der Waals surface area contributed by atoms with Crippen molar-refractivity contribution in [3.8, 4) is 0 Å². The van der Waals surface area contributed by atoms with Gasteiger partial charge in [-0.3, -0.25) is 0 Å². The van der Waals surface area contributed by atoms with Gasteiger partial charge in [0, 0.05) is 11.3 Å². The Morgan fingerprint density at radius 1 is 1.40 bits per heavy atom. The summed E-state index contributed by atoms with van der Waals surface area (Å²) < 4.78 is 0. The van der Waals surface area contributed by atoms with Crippen LogP contribution >= 0.6 is 0 Å². The van der Waals surface area contributed by atoms with Crippen molar-refractivity contribution in [3.05, 3.63) is 17.6 Å². The molecule has 0 aliphatic heterocycles. The number of aryl methyl sites for hydroxylation is 1. The minimum atomic E-state index is 0.674. The Morgan fingerprint density at radius 3 is 2.60 bits per heavy atom. The van der Waals surface area contributed by atoms with E-state index >= 15 is 0 Å². The SMILES string of the molecule is C=Nc1ncnc(C)c1C. The van der Waals surface area contributed by atoms with E-state index in [9.17, 15) is 0 Å². The molecule has 0 aliphatic rings. The third-order valence-corrected chi connectivity index (χ3v) is 1.46. The van der Waals surface area contributed by atoms with Crippen LogP contribution in [0.2, 0.25) is 0 Å². The van der Waals surface area contributed by atoms with Gasteiger partial charge in [-0.05, 0) is 20.6 Å². The van der Waals surface area contributed by atoms with Gasteiger partial charge in [-0.1, -0.05) is 0 Å². The predicted octanol–water partition coefficient (Wildman–Crippen LogP) is 1.43. The highest BCUT2D eigenvalue weighted by molar-refractivity contribution is 5.45. The van der Waals surface area contributed by atoms with Crippen LogP contribution in [-0.4, -0.2) is 16.7 Å². The van der Waals surface area contributed by atoms with Crippen molar-refractivity contribution in [2.75, 3.05) is 0 Å². The lowest BCUT2D eigenvalue weighted by molar-refractivity contribution is 1.06. The number of hydrogen-bond acceptors (Lipinski definition) is 3.